The molecule has 0 saturated carbocycles. The molecular weight excluding hydrogens is 216 g/mol. The van der Waals surface area contributed by atoms with Crippen LogP contribution in [0.15, 0.2) is 29.1 Å². The zero-order valence-corrected chi connectivity index (χ0v) is 8.37. The number of aromatic nitrogens is 2. The van der Waals surface area contributed by atoms with E-state index in [4.69, 9.17) is 0 Å². The summed E-state index contributed by atoms with van der Waals surface area (Å²) in [5, 5.41) is 0. The van der Waals surface area contributed by atoms with Gasteiger partial charge in [-0.25, -0.2) is 4.98 Å². The normalized spacial score (nSPS) is 10.8. The maximum absolute atomic E-state index is 4.21. The number of hydrogen-bond acceptors (Lipinski definition) is 1. The first-order chi connectivity index (χ1) is 5.81. The molecule has 2 aromatic heterocycles. The number of imidazole rings is 1. The van der Waals surface area contributed by atoms with E-state index in [0.717, 1.165) is 16.5 Å². The lowest BCUT2D eigenvalue weighted by Gasteiger charge is -2.01. The molecule has 0 fully saturated rings. The molecule has 0 aliphatic heterocycles. The van der Waals surface area contributed by atoms with Crippen molar-refractivity contribution in [2.45, 2.75) is 13.3 Å². The van der Waals surface area contributed by atoms with Gasteiger partial charge in [0.2, 0.25) is 0 Å². The largest absolute Gasteiger partial charge is 0.306 e. The van der Waals surface area contributed by atoms with Crippen molar-refractivity contribution < 1.29 is 0 Å². The molecule has 0 saturated heterocycles. The first-order valence-electron chi connectivity index (χ1n) is 3.92. The van der Waals surface area contributed by atoms with Crippen LogP contribution < -0.4 is 0 Å². The van der Waals surface area contributed by atoms with Crippen LogP contribution in [0.3, 0.4) is 0 Å². The molecule has 62 valence electrons. The highest BCUT2D eigenvalue weighted by molar-refractivity contribution is 9.10. The Morgan fingerprint density at radius 3 is 3.17 bits per heavy atom. The van der Waals surface area contributed by atoms with Crippen LogP contribution in [0.5, 0.6) is 0 Å². The molecule has 0 radical (unpaired) electrons. The molecule has 0 atom stereocenters. The van der Waals surface area contributed by atoms with Crippen molar-refractivity contribution in [3.8, 4) is 0 Å². The van der Waals surface area contributed by atoms with E-state index in [1.807, 2.05) is 16.8 Å². The Morgan fingerprint density at radius 1 is 1.58 bits per heavy atom. The predicted octanol–water partition coefficient (Wildman–Crippen LogP) is 2.66. The van der Waals surface area contributed by atoms with Crippen molar-refractivity contribution in [2.75, 3.05) is 0 Å². The standard InChI is InChI=1S/C9H9BrN2/c1-2-7-5-9-11-3-4-12(9)6-8(7)10/h3-6H,2H2,1H3. The minimum atomic E-state index is 1.01. The van der Waals surface area contributed by atoms with E-state index in [9.17, 15) is 0 Å². The summed E-state index contributed by atoms with van der Waals surface area (Å²) < 4.78 is 3.15. The van der Waals surface area contributed by atoms with Crippen molar-refractivity contribution in [1.29, 1.82) is 0 Å². The van der Waals surface area contributed by atoms with E-state index < -0.39 is 0 Å². The Bertz CT molecular complexity index is 406. The van der Waals surface area contributed by atoms with Crippen LogP contribution in [0.4, 0.5) is 0 Å². The number of halogens is 1. The van der Waals surface area contributed by atoms with E-state index >= 15 is 0 Å². The van der Waals surface area contributed by atoms with Gasteiger partial charge < -0.3 is 4.40 Å². The van der Waals surface area contributed by atoms with Gasteiger partial charge in [-0.05, 0) is 34.0 Å². The zero-order valence-electron chi connectivity index (χ0n) is 6.79. The van der Waals surface area contributed by atoms with Gasteiger partial charge in [0.25, 0.3) is 0 Å². The number of pyridine rings is 1. The van der Waals surface area contributed by atoms with E-state index in [1.54, 1.807) is 6.20 Å². The SMILES string of the molecule is CCc1cc2nccn2cc1Br. The second-order valence-corrected chi connectivity index (χ2v) is 3.55. The number of aryl methyl sites for hydroxylation is 1. The first kappa shape index (κ1) is 7.80. The molecule has 0 spiro atoms. The molecule has 0 N–H and O–H groups in total. The number of fused-ring (bicyclic) bond motifs is 1. The summed E-state index contributed by atoms with van der Waals surface area (Å²) in [5.41, 5.74) is 2.31. The summed E-state index contributed by atoms with van der Waals surface area (Å²) in [7, 11) is 0. The van der Waals surface area contributed by atoms with Gasteiger partial charge in [-0.2, -0.15) is 0 Å². The maximum atomic E-state index is 4.21. The van der Waals surface area contributed by atoms with E-state index in [-0.39, 0.29) is 0 Å². The highest BCUT2D eigenvalue weighted by atomic mass is 79.9. The number of rotatable bonds is 1. The lowest BCUT2D eigenvalue weighted by Crippen LogP contribution is -1.88. The molecule has 12 heavy (non-hydrogen) atoms. The fourth-order valence-corrected chi connectivity index (χ4v) is 1.86. The van der Waals surface area contributed by atoms with Crippen LogP contribution in [-0.2, 0) is 6.42 Å². The highest BCUT2D eigenvalue weighted by Gasteiger charge is 2.00. The van der Waals surface area contributed by atoms with Crippen molar-refractivity contribution >= 4 is 21.6 Å². The van der Waals surface area contributed by atoms with Gasteiger partial charge in [-0.15, -0.1) is 0 Å². The predicted molar refractivity (Wildman–Crippen MR) is 52.3 cm³/mol. The summed E-state index contributed by atoms with van der Waals surface area (Å²) in [5.74, 6) is 0. The molecular formula is C9H9BrN2. The monoisotopic (exact) mass is 224 g/mol. The zero-order chi connectivity index (χ0) is 8.55. The van der Waals surface area contributed by atoms with Gasteiger partial charge >= 0.3 is 0 Å². The molecule has 2 heterocycles. The smallest absolute Gasteiger partial charge is 0.136 e. The van der Waals surface area contributed by atoms with Gasteiger partial charge in [0.05, 0.1) is 0 Å². The van der Waals surface area contributed by atoms with Crippen molar-refractivity contribution in [2.24, 2.45) is 0 Å². The molecule has 2 nitrogen and oxygen atoms in total. The third-order valence-electron chi connectivity index (χ3n) is 1.94. The third kappa shape index (κ3) is 1.14. The summed E-state index contributed by atoms with van der Waals surface area (Å²) in [4.78, 5) is 4.21. The van der Waals surface area contributed by atoms with Crippen LogP contribution in [0.1, 0.15) is 12.5 Å². The molecule has 0 amide bonds. The van der Waals surface area contributed by atoms with Crippen LogP contribution in [0, 0.1) is 0 Å². The first-order valence-corrected chi connectivity index (χ1v) is 4.71. The average Bonchev–Trinajstić information content (AvgIpc) is 2.49. The summed E-state index contributed by atoms with van der Waals surface area (Å²) in [6.07, 6.45) is 6.83. The van der Waals surface area contributed by atoms with Gasteiger partial charge in [0, 0.05) is 23.1 Å². The number of nitrogens with zero attached hydrogens (tertiary/aromatic N) is 2. The third-order valence-corrected chi connectivity index (χ3v) is 2.66. The van der Waals surface area contributed by atoms with Crippen LogP contribution in [-0.4, -0.2) is 9.38 Å². The molecule has 2 rings (SSSR count). The summed E-state index contributed by atoms with van der Waals surface area (Å²) >= 11 is 3.51. The van der Waals surface area contributed by atoms with Crippen LogP contribution in [0.25, 0.3) is 5.65 Å². The lowest BCUT2D eigenvalue weighted by molar-refractivity contribution is 1.08. The summed E-state index contributed by atoms with van der Waals surface area (Å²) in [6.45, 7) is 2.14. The maximum Gasteiger partial charge on any atom is 0.136 e. The molecule has 0 bridgehead atoms. The van der Waals surface area contributed by atoms with Gasteiger partial charge in [-0.1, -0.05) is 6.92 Å². The molecule has 3 heteroatoms. The number of hydrogen-bond donors (Lipinski definition) is 0. The molecule has 2 aromatic rings. The van der Waals surface area contributed by atoms with Gasteiger partial charge in [0.1, 0.15) is 5.65 Å². The lowest BCUT2D eigenvalue weighted by atomic mass is 10.2. The Hall–Kier alpha value is -0.830. The molecule has 0 aliphatic carbocycles. The van der Waals surface area contributed by atoms with E-state index in [0.29, 0.717) is 0 Å². The second kappa shape index (κ2) is 2.90. The quantitative estimate of drug-likeness (QED) is 0.729. The van der Waals surface area contributed by atoms with E-state index in [1.165, 1.54) is 5.56 Å². The van der Waals surface area contributed by atoms with Crippen molar-refractivity contribution in [3.05, 3.63) is 34.7 Å². The van der Waals surface area contributed by atoms with E-state index in [2.05, 4.69) is 33.9 Å². The van der Waals surface area contributed by atoms with Gasteiger partial charge in [-0.3, -0.25) is 0 Å². The Labute approximate surface area is 79.4 Å². The van der Waals surface area contributed by atoms with Crippen LogP contribution in [0.2, 0.25) is 0 Å². The Kier molecular flexibility index (Phi) is 1.89. The topological polar surface area (TPSA) is 17.3 Å². The molecule has 0 unspecified atom stereocenters. The second-order valence-electron chi connectivity index (χ2n) is 2.69. The Balaban J connectivity index is 2.73. The Morgan fingerprint density at radius 2 is 2.42 bits per heavy atom. The minimum absolute atomic E-state index is 1.01. The minimum Gasteiger partial charge on any atom is -0.306 e. The fraction of sp³-hybridized carbons (Fsp3) is 0.222. The summed E-state index contributed by atoms with van der Waals surface area (Å²) in [6, 6.07) is 2.10. The van der Waals surface area contributed by atoms with Crippen LogP contribution >= 0.6 is 15.9 Å². The highest BCUT2D eigenvalue weighted by Crippen LogP contribution is 2.18. The molecule has 0 aliphatic rings. The average molecular weight is 225 g/mol. The van der Waals surface area contributed by atoms with Crippen molar-refractivity contribution in [3.63, 3.8) is 0 Å². The molecule has 0 aromatic carbocycles. The van der Waals surface area contributed by atoms with Gasteiger partial charge in [0.15, 0.2) is 0 Å². The fourth-order valence-electron chi connectivity index (χ4n) is 1.25. The van der Waals surface area contributed by atoms with Crippen molar-refractivity contribution in [1.82, 2.24) is 9.38 Å².